The van der Waals surface area contributed by atoms with Gasteiger partial charge in [0.2, 0.25) is 0 Å². The molecule has 1 fully saturated rings. The van der Waals surface area contributed by atoms with Crippen LogP contribution in [0.25, 0.3) is 0 Å². The van der Waals surface area contributed by atoms with Crippen molar-refractivity contribution in [1.82, 2.24) is 9.97 Å². The molecule has 0 amide bonds. The first-order valence-electron chi connectivity index (χ1n) is 7.27. The molecule has 1 aromatic rings. The fraction of sp³-hybridized carbons (Fsp3) is 0.714. The monoisotopic (exact) mass is 263 g/mol. The Morgan fingerprint density at radius 1 is 1.37 bits per heavy atom. The average Bonchev–Trinajstić information content (AvgIpc) is 2.42. The summed E-state index contributed by atoms with van der Waals surface area (Å²) in [5, 5.41) is 0. The van der Waals surface area contributed by atoms with Crippen LogP contribution in [-0.2, 0) is 0 Å². The van der Waals surface area contributed by atoms with Crippen LogP contribution in [0.2, 0.25) is 0 Å². The molecule has 1 unspecified atom stereocenters. The van der Waals surface area contributed by atoms with Gasteiger partial charge in [0, 0.05) is 26.2 Å². The normalized spacial score (nSPS) is 19.5. The van der Waals surface area contributed by atoms with Crippen LogP contribution in [0.15, 0.2) is 6.33 Å². The molecule has 2 rings (SSSR count). The lowest BCUT2D eigenvalue weighted by Crippen LogP contribution is -2.36. The van der Waals surface area contributed by atoms with Crippen molar-refractivity contribution in [2.24, 2.45) is 5.92 Å². The lowest BCUT2D eigenvalue weighted by Gasteiger charge is -2.33. The van der Waals surface area contributed by atoms with Gasteiger partial charge in [-0.15, -0.1) is 0 Å². The Hall–Kier alpha value is -1.52. The fourth-order valence-corrected chi connectivity index (χ4v) is 2.79. The van der Waals surface area contributed by atoms with Gasteiger partial charge in [-0.05, 0) is 32.6 Å². The third kappa shape index (κ3) is 2.91. The van der Waals surface area contributed by atoms with E-state index in [0.717, 1.165) is 43.5 Å². The molecule has 1 aliphatic rings. The second-order valence-electron chi connectivity index (χ2n) is 5.30. The number of nitrogens with zero attached hydrogens (tertiary/aromatic N) is 4. The Morgan fingerprint density at radius 2 is 2.11 bits per heavy atom. The van der Waals surface area contributed by atoms with Gasteiger partial charge >= 0.3 is 0 Å². The van der Waals surface area contributed by atoms with Crippen LogP contribution in [0.4, 0.5) is 17.3 Å². The Kier molecular flexibility index (Phi) is 4.45. The molecule has 0 bridgehead atoms. The summed E-state index contributed by atoms with van der Waals surface area (Å²) >= 11 is 0. The van der Waals surface area contributed by atoms with Gasteiger partial charge in [-0.25, -0.2) is 9.97 Å². The van der Waals surface area contributed by atoms with E-state index in [2.05, 4.69) is 40.5 Å². The maximum atomic E-state index is 6.30. The number of rotatable bonds is 4. The molecular weight excluding hydrogens is 238 g/mol. The zero-order valence-electron chi connectivity index (χ0n) is 12.3. The first-order chi connectivity index (χ1) is 9.17. The first kappa shape index (κ1) is 13.9. The Labute approximate surface area is 115 Å². The molecule has 1 saturated heterocycles. The quantitative estimate of drug-likeness (QED) is 0.902. The molecule has 1 aliphatic heterocycles. The number of hydrogen-bond donors (Lipinski definition) is 1. The Balaban J connectivity index is 2.28. The van der Waals surface area contributed by atoms with Crippen molar-refractivity contribution >= 4 is 17.3 Å². The summed E-state index contributed by atoms with van der Waals surface area (Å²) in [6.45, 7) is 10.4. The minimum atomic E-state index is 0.708. The maximum Gasteiger partial charge on any atom is 0.157 e. The van der Waals surface area contributed by atoms with E-state index in [1.54, 1.807) is 6.33 Å². The molecule has 5 nitrogen and oxygen atoms in total. The average molecular weight is 263 g/mol. The minimum absolute atomic E-state index is 0.708. The van der Waals surface area contributed by atoms with E-state index < -0.39 is 0 Å². The van der Waals surface area contributed by atoms with E-state index in [1.807, 2.05) is 0 Å². The highest BCUT2D eigenvalue weighted by atomic mass is 15.3. The summed E-state index contributed by atoms with van der Waals surface area (Å²) in [6, 6.07) is 0. The van der Waals surface area contributed by atoms with Gasteiger partial charge in [0.1, 0.15) is 12.0 Å². The van der Waals surface area contributed by atoms with E-state index in [9.17, 15) is 0 Å². The van der Waals surface area contributed by atoms with E-state index in [1.165, 1.54) is 12.8 Å². The highest BCUT2D eigenvalue weighted by Gasteiger charge is 2.22. The summed E-state index contributed by atoms with van der Waals surface area (Å²) in [6.07, 6.45) is 4.15. The fourth-order valence-electron chi connectivity index (χ4n) is 2.79. The van der Waals surface area contributed by atoms with Crippen molar-refractivity contribution in [3.63, 3.8) is 0 Å². The SMILES string of the molecule is CCN(CC)c1ncnc(N2CCCC(C)C2)c1N. The number of aromatic nitrogens is 2. The van der Waals surface area contributed by atoms with E-state index in [0.29, 0.717) is 5.92 Å². The van der Waals surface area contributed by atoms with Crippen molar-refractivity contribution in [3.8, 4) is 0 Å². The number of piperidine rings is 1. The van der Waals surface area contributed by atoms with Gasteiger partial charge in [0.05, 0.1) is 0 Å². The van der Waals surface area contributed by atoms with Crippen molar-refractivity contribution < 1.29 is 0 Å². The van der Waals surface area contributed by atoms with Crippen molar-refractivity contribution in [1.29, 1.82) is 0 Å². The van der Waals surface area contributed by atoms with Crippen LogP contribution in [-0.4, -0.2) is 36.1 Å². The predicted molar refractivity (Wildman–Crippen MR) is 80.6 cm³/mol. The molecule has 0 saturated carbocycles. The second kappa shape index (κ2) is 6.08. The smallest absolute Gasteiger partial charge is 0.157 e. The van der Waals surface area contributed by atoms with Gasteiger partial charge in [0.15, 0.2) is 11.6 Å². The van der Waals surface area contributed by atoms with Crippen molar-refractivity contribution in [3.05, 3.63) is 6.33 Å². The number of anilines is 3. The lowest BCUT2D eigenvalue weighted by molar-refractivity contribution is 0.445. The molecule has 19 heavy (non-hydrogen) atoms. The molecule has 2 heterocycles. The number of nitrogen functional groups attached to an aromatic ring is 1. The van der Waals surface area contributed by atoms with Gasteiger partial charge < -0.3 is 15.5 Å². The highest BCUT2D eigenvalue weighted by Crippen LogP contribution is 2.31. The molecule has 0 spiro atoms. The third-order valence-corrected chi connectivity index (χ3v) is 3.86. The van der Waals surface area contributed by atoms with Crippen LogP contribution in [0.3, 0.4) is 0 Å². The minimum Gasteiger partial charge on any atom is -0.393 e. The molecule has 0 radical (unpaired) electrons. The maximum absolute atomic E-state index is 6.30. The summed E-state index contributed by atoms with van der Waals surface area (Å²) in [5.74, 6) is 2.48. The Morgan fingerprint density at radius 3 is 2.74 bits per heavy atom. The van der Waals surface area contributed by atoms with Crippen LogP contribution >= 0.6 is 0 Å². The molecule has 1 aromatic heterocycles. The summed E-state index contributed by atoms with van der Waals surface area (Å²) < 4.78 is 0. The molecule has 5 heteroatoms. The van der Waals surface area contributed by atoms with Crippen molar-refractivity contribution in [2.45, 2.75) is 33.6 Å². The van der Waals surface area contributed by atoms with Crippen LogP contribution in [0, 0.1) is 5.92 Å². The van der Waals surface area contributed by atoms with Crippen molar-refractivity contribution in [2.75, 3.05) is 41.7 Å². The number of hydrogen-bond acceptors (Lipinski definition) is 5. The highest BCUT2D eigenvalue weighted by molar-refractivity contribution is 5.75. The first-order valence-corrected chi connectivity index (χ1v) is 7.27. The van der Waals surface area contributed by atoms with Crippen LogP contribution < -0.4 is 15.5 Å². The summed E-state index contributed by atoms with van der Waals surface area (Å²) in [7, 11) is 0. The van der Waals surface area contributed by atoms with E-state index >= 15 is 0 Å². The largest absolute Gasteiger partial charge is 0.393 e. The summed E-state index contributed by atoms with van der Waals surface area (Å²) in [4.78, 5) is 13.2. The van der Waals surface area contributed by atoms with E-state index in [4.69, 9.17) is 5.73 Å². The molecule has 0 aromatic carbocycles. The Bertz CT molecular complexity index is 416. The van der Waals surface area contributed by atoms with Gasteiger partial charge in [-0.2, -0.15) is 0 Å². The van der Waals surface area contributed by atoms with Gasteiger partial charge in [0.25, 0.3) is 0 Å². The molecule has 0 aliphatic carbocycles. The molecule has 106 valence electrons. The number of nitrogens with two attached hydrogens (primary N) is 1. The van der Waals surface area contributed by atoms with Crippen LogP contribution in [0.1, 0.15) is 33.6 Å². The second-order valence-corrected chi connectivity index (χ2v) is 5.30. The molecule has 2 N–H and O–H groups in total. The standard InChI is InChI=1S/C14H25N5/c1-4-18(5-2)13-12(15)14(17-10-16-13)19-8-6-7-11(3)9-19/h10-11H,4-9,15H2,1-3H3. The van der Waals surface area contributed by atoms with Gasteiger partial charge in [-0.1, -0.05) is 6.92 Å². The molecular formula is C14H25N5. The topological polar surface area (TPSA) is 58.3 Å². The third-order valence-electron chi connectivity index (χ3n) is 3.86. The molecule has 1 atom stereocenters. The van der Waals surface area contributed by atoms with E-state index in [-0.39, 0.29) is 0 Å². The van der Waals surface area contributed by atoms with Crippen LogP contribution in [0.5, 0.6) is 0 Å². The predicted octanol–water partition coefficient (Wildman–Crippen LogP) is 2.14. The lowest BCUT2D eigenvalue weighted by atomic mass is 10.0. The zero-order valence-corrected chi connectivity index (χ0v) is 12.3. The van der Waals surface area contributed by atoms with Gasteiger partial charge in [-0.3, -0.25) is 0 Å². The zero-order chi connectivity index (χ0) is 13.8. The summed E-state index contributed by atoms with van der Waals surface area (Å²) in [5.41, 5.74) is 7.03.